The van der Waals surface area contributed by atoms with Crippen LogP contribution < -0.4 is 5.73 Å². The maximum absolute atomic E-state index is 12.1. The third-order valence-corrected chi connectivity index (χ3v) is 2.44. The molecule has 0 aromatic carbocycles. The zero-order chi connectivity index (χ0) is 11.7. The highest BCUT2D eigenvalue weighted by Crippen LogP contribution is 2.20. The van der Waals surface area contributed by atoms with E-state index in [9.17, 15) is 4.79 Å². The molecule has 4 nitrogen and oxygen atoms in total. The number of furan rings is 1. The molecule has 0 bridgehead atoms. The molecule has 0 aliphatic rings. The zero-order valence-corrected chi connectivity index (χ0v) is 9.28. The number of carbonyl (C=O) groups is 1. The van der Waals surface area contributed by atoms with Gasteiger partial charge < -0.3 is 10.2 Å². The van der Waals surface area contributed by atoms with Crippen molar-refractivity contribution in [1.82, 2.24) is 4.98 Å². The maximum Gasteiger partial charge on any atom is 0.200 e. The monoisotopic (exact) mass is 236 g/mol. The van der Waals surface area contributed by atoms with E-state index in [1.54, 1.807) is 13.0 Å². The van der Waals surface area contributed by atoms with E-state index in [4.69, 9.17) is 21.8 Å². The molecule has 0 radical (unpaired) electrons. The predicted octanol–water partition coefficient (Wildman–Crippen LogP) is 2.45. The van der Waals surface area contributed by atoms with Gasteiger partial charge in [0.05, 0.1) is 22.4 Å². The van der Waals surface area contributed by atoms with Crippen LogP contribution in [0.25, 0.3) is 0 Å². The molecular formula is C11H9ClN2O2. The zero-order valence-electron chi connectivity index (χ0n) is 8.53. The molecule has 5 heteroatoms. The van der Waals surface area contributed by atoms with Crippen LogP contribution in [-0.4, -0.2) is 10.8 Å². The Morgan fingerprint density at radius 2 is 2.25 bits per heavy atom. The van der Waals surface area contributed by atoms with Gasteiger partial charge >= 0.3 is 0 Å². The number of aryl methyl sites for hydroxylation is 1. The lowest BCUT2D eigenvalue weighted by Gasteiger charge is -2.03. The van der Waals surface area contributed by atoms with Crippen LogP contribution in [0.2, 0.25) is 5.02 Å². The Morgan fingerprint density at radius 3 is 2.88 bits per heavy atom. The van der Waals surface area contributed by atoms with Gasteiger partial charge in [0.25, 0.3) is 0 Å². The largest absolute Gasteiger partial charge is 0.469 e. The number of rotatable bonds is 2. The molecule has 0 saturated carbocycles. The van der Waals surface area contributed by atoms with Crippen LogP contribution in [-0.2, 0) is 0 Å². The van der Waals surface area contributed by atoms with Crippen LogP contribution in [0.3, 0.4) is 0 Å². The average molecular weight is 237 g/mol. The van der Waals surface area contributed by atoms with Gasteiger partial charge in [-0.1, -0.05) is 11.6 Å². The minimum absolute atomic E-state index is 0.162. The highest BCUT2D eigenvalue weighted by molar-refractivity contribution is 6.31. The second kappa shape index (κ2) is 3.98. The van der Waals surface area contributed by atoms with Crippen LogP contribution in [0.15, 0.2) is 29.0 Å². The molecule has 0 atom stereocenters. The number of nitrogen functional groups attached to an aromatic ring is 1. The number of nitrogens with zero attached hydrogens (tertiary/aromatic N) is 1. The molecule has 16 heavy (non-hydrogen) atoms. The molecule has 2 N–H and O–H groups in total. The van der Waals surface area contributed by atoms with Crippen molar-refractivity contribution >= 4 is 23.2 Å². The van der Waals surface area contributed by atoms with Gasteiger partial charge in [-0.25, -0.2) is 4.98 Å². The second-order valence-corrected chi connectivity index (χ2v) is 3.74. The minimum Gasteiger partial charge on any atom is -0.469 e. The number of nitrogens with two attached hydrogens (primary N) is 1. The van der Waals surface area contributed by atoms with Gasteiger partial charge in [-0.3, -0.25) is 4.79 Å². The van der Waals surface area contributed by atoms with E-state index >= 15 is 0 Å². The fourth-order valence-corrected chi connectivity index (χ4v) is 1.56. The number of carbonyl (C=O) groups excluding carboxylic acids is 1. The molecule has 2 aromatic rings. The number of halogens is 1. The van der Waals surface area contributed by atoms with Crippen molar-refractivity contribution in [3.63, 3.8) is 0 Å². The van der Waals surface area contributed by atoms with Crippen LogP contribution in [0.1, 0.15) is 21.7 Å². The molecule has 2 rings (SSSR count). The number of ketones is 1. The second-order valence-electron chi connectivity index (χ2n) is 3.31. The Bertz CT molecular complexity index is 549. The van der Waals surface area contributed by atoms with Crippen molar-refractivity contribution in [2.45, 2.75) is 6.92 Å². The molecule has 0 saturated heterocycles. The lowest BCUT2D eigenvalue weighted by Crippen LogP contribution is -2.07. The van der Waals surface area contributed by atoms with Crippen molar-refractivity contribution in [3.8, 4) is 0 Å². The first kappa shape index (κ1) is 10.7. The van der Waals surface area contributed by atoms with E-state index in [2.05, 4.69) is 4.98 Å². The molecule has 2 heterocycles. The summed E-state index contributed by atoms with van der Waals surface area (Å²) in [4.78, 5) is 15.9. The molecule has 0 fully saturated rings. The average Bonchev–Trinajstić information content (AvgIpc) is 2.67. The Hall–Kier alpha value is -1.81. The Morgan fingerprint density at radius 1 is 1.50 bits per heavy atom. The Kier molecular flexibility index (Phi) is 2.66. The minimum atomic E-state index is -0.237. The third kappa shape index (κ3) is 1.79. The van der Waals surface area contributed by atoms with Crippen molar-refractivity contribution < 1.29 is 9.21 Å². The van der Waals surface area contributed by atoms with E-state index in [0.717, 1.165) is 0 Å². The summed E-state index contributed by atoms with van der Waals surface area (Å²) in [6.07, 6.45) is 2.85. The molecule has 0 aliphatic carbocycles. The number of hydrogen-bond donors (Lipinski definition) is 1. The molecule has 0 spiro atoms. The van der Waals surface area contributed by atoms with E-state index in [1.165, 1.54) is 18.5 Å². The maximum atomic E-state index is 12.1. The van der Waals surface area contributed by atoms with E-state index in [1.807, 2.05) is 0 Å². The first-order chi connectivity index (χ1) is 7.59. The van der Waals surface area contributed by atoms with Gasteiger partial charge in [0.15, 0.2) is 5.78 Å². The highest BCUT2D eigenvalue weighted by Gasteiger charge is 2.17. The summed E-state index contributed by atoms with van der Waals surface area (Å²) in [7, 11) is 0. The molecular weight excluding hydrogens is 228 g/mol. The van der Waals surface area contributed by atoms with Crippen molar-refractivity contribution in [2.24, 2.45) is 0 Å². The molecule has 0 unspecified atom stereocenters. The standard InChI is InChI=1S/C11H9ClN2O2/c1-6-8(2-3-16-6)10(15)9-4-7(12)5-14-11(9)13/h2-5H,1H3,(H2,13,14). The molecule has 2 aromatic heterocycles. The van der Waals surface area contributed by atoms with Crippen molar-refractivity contribution in [2.75, 3.05) is 5.73 Å². The van der Waals surface area contributed by atoms with E-state index in [-0.39, 0.29) is 17.2 Å². The number of hydrogen-bond acceptors (Lipinski definition) is 4. The van der Waals surface area contributed by atoms with E-state index in [0.29, 0.717) is 16.3 Å². The molecule has 0 aliphatic heterocycles. The quantitative estimate of drug-likeness (QED) is 0.814. The third-order valence-electron chi connectivity index (χ3n) is 2.23. The normalized spacial score (nSPS) is 10.4. The van der Waals surface area contributed by atoms with E-state index < -0.39 is 0 Å². The van der Waals surface area contributed by atoms with Crippen LogP contribution in [0, 0.1) is 6.92 Å². The lowest BCUT2D eigenvalue weighted by molar-refractivity contribution is 0.103. The fourth-order valence-electron chi connectivity index (χ4n) is 1.40. The summed E-state index contributed by atoms with van der Waals surface area (Å²) in [5.74, 6) is 0.470. The van der Waals surface area contributed by atoms with Gasteiger partial charge in [0.2, 0.25) is 0 Å². The van der Waals surface area contributed by atoms with Crippen molar-refractivity contribution in [1.29, 1.82) is 0 Å². The summed E-state index contributed by atoms with van der Waals surface area (Å²) in [6.45, 7) is 1.71. The number of aromatic nitrogens is 1. The van der Waals surface area contributed by atoms with Gasteiger partial charge in [0, 0.05) is 6.20 Å². The van der Waals surface area contributed by atoms with Crippen LogP contribution in [0.4, 0.5) is 5.82 Å². The summed E-state index contributed by atoms with van der Waals surface area (Å²) in [5, 5.41) is 0.374. The smallest absolute Gasteiger partial charge is 0.200 e. The van der Waals surface area contributed by atoms with Gasteiger partial charge in [-0.05, 0) is 19.1 Å². The molecule has 82 valence electrons. The Balaban J connectivity index is 2.49. The summed E-state index contributed by atoms with van der Waals surface area (Å²) >= 11 is 5.77. The predicted molar refractivity (Wildman–Crippen MR) is 60.5 cm³/mol. The highest BCUT2D eigenvalue weighted by atomic mass is 35.5. The SMILES string of the molecule is Cc1occc1C(=O)c1cc(Cl)cnc1N. The van der Waals surface area contributed by atoms with Gasteiger partial charge in [-0.2, -0.15) is 0 Å². The van der Waals surface area contributed by atoms with Gasteiger partial charge in [-0.15, -0.1) is 0 Å². The Labute approximate surface area is 97.0 Å². The molecule has 0 amide bonds. The summed E-state index contributed by atoms with van der Waals surface area (Å²) in [5.41, 5.74) is 6.38. The van der Waals surface area contributed by atoms with Crippen LogP contribution in [0.5, 0.6) is 0 Å². The number of anilines is 1. The fraction of sp³-hybridized carbons (Fsp3) is 0.0909. The summed E-state index contributed by atoms with van der Waals surface area (Å²) in [6, 6.07) is 3.09. The lowest BCUT2D eigenvalue weighted by atomic mass is 10.1. The van der Waals surface area contributed by atoms with Crippen LogP contribution >= 0.6 is 11.6 Å². The number of pyridine rings is 1. The summed E-state index contributed by atoms with van der Waals surface area (Å²) < 4.78 is 5.06. The van der Waals surface area contributed by atoms with Gasteiger partial charge in [0.1, 0.15) is 11.6 Å². The van der Waals surface area contributed by atoms with Crippen molar-refractivity contribution in [3.05, 3.63) is 46.5 Å². The first-order valence-corrected chi connectivity index (χ1v) is 4.97. The first-order valence-electron chi connectivity index (χ1n) is 4.59. The topological polar surface area (TPSA) is 69.1 Å².